The summed E-state index contributed by atoms with van der Waals surface area (Å²) >= 11 is 0. The van der Waals surface area contributed by atoms with Crippen LogP contribution in [-0.4, -0.2) is 10.7 Å². The Labute approximate surface area is 152 Å². The Morgan fingerprint density at radius 1 is 1.15 bits per heavy atom. The molecule has 0 fully saturated rings. The highest BCUT2D eigenvalue weighted by molar-refractivity contribution is 6.13. The molecule has 0 N–H and O–H groups in total. The molecule has 0 radical (unpaired) electrons. The van der Waals surface area contributed by atoms with Crippen LogP contribution in [0, 0.1) is 27.3 Å². The molecule has 0 bridgehead atoms. The van der Waals surface area contributed by atoms with Crippen molar-refractivity contribution in [2.24, 2.45) is 0 Å². The summed E-state index contributed by atoms with van der Waals surface area (Å²) < 4.78 is 19.0. The van der Waals surface area contributed by atoms with Gasteiger partial charge in [-0.2, -0.15) is 9.65 Å². The van der Waals surface area contributed by atoms with Gasteiger partial charge in [0, 0.05) is 23.3 Å². The van der Waals surface area contributed by atoms with Crippen molar-refractivity contribution in [3.05, 3.63) is 93.5 Å². The highest BCUT2D eigenvalue weighted by atomic mass is 19.1. The molecule has 27 heavy (non-hydrogen) atoms. The molecular formula is C20H11FN2O4. The predicted molar refractivity (Wildman–Crippen MR) is 95.1 cm³/mol. The van der Waals surface area contributed by atoms with E-state index < -0.39 is 22.2 Å². The van der Waals surface area contributed by atoms with E-state index >= 15 is 0 Å². The molecule has 0 aliphatic carbocycles. The van der Waals surface area contributed by atoms with Gasteiger partial charge in [-0.1, -0.05) is 30.3 Å². The fraction of sp³-hybridized carbons (Fsp3) is 0. The van der Waals surface area contributed by atoms with E-state index in [1.165, 1.54) is 24.3 Å². The third-order valence-electron chi connectivity index (χ3n) is 3.74. The number of hydrogen-bond acceptors (Lipinski definition) is 5. The minimum absolute atomic E-state index is 0.118. The maximum Gasteiger partial charge on any atom is 0.305 e. The molecule has 6 nitrogen and oxygen atoms in total. The number of nitro benzene ring substituents is 1. The number of nitrogens with zero attached hydrogens (tertiary/aromatic N) is 2. The van der Waals surface area contributed by atoms with E-state index in [9.17, 15) is 24.6 Å². The Morgan fingerprint density at radius 2 is 1.89 bits per heavy atom. The molecule has 7 heteroatoms. The first-order chi connectivity index (χ1) is 13.0. The summed E-state index contributed by atoms with van der Waals surface area (Å²) in [6, 6.07) is 16.6. The van der Waals surface area contributed by atoms with E-state index in [4.69, 9.17) is 4.42 Å². The molecule has 0 saturated heterocycles. The van der Waals surface area contributed by atoms with Crippen LogP contribution >= 0.6 is 0 Å². The number of nitriles is 1. The zero-order valence-electron chi connectivity index (χ0n) is 13.8. The topological polar surface area (TPSA) is 97.1 Å². The SMILES string of the molecule is N#C/C(=C\c1ccc(-c2ccc(F)c([N+](=O)[O-])c2)o1)C(=O)c1ccccc1. The van der Waals surface area contributed by atoms with Crippen molar-refractivity contribution in [1.29, 1.82) is 5.26 Å². The van der Waals surface area contributed by atoms with Crippen LogP contribution in [0.25, 0.3) is 17.4 Å². The Morgan fingerprint density at radius 3 is 2.56 bits per heavy atom. The zero-order chi connectivity index (χ0) is 19.4. The molecule has 1 aromatic heterocycles. The van der Waals surface area contributed by atoms with Gasteiger partial charge in [-0.25, -0.2) is 0 Å². The van der Waals surface area contributed by atoms with Gasteiger partial charge in [-0.05, 0) is 24.3 Å². The van der Waals surface area contributed by atoms with Gasteiger partial charge >= 0.3 is 5.69 Å². The van der Waals surface area contributed by atoms with Gasteiger partial charge in [0.2, 0.25) is 11.6 Å². The Balaban J connectivity index is 1.92. The molecule has 0 spiro atoms. The second kappa shape index (κ2) is 7.45. The molecule has 2 aromatic carbocycles. The number of halogens is 1. The Kier molecular flexibility index (Phi) is 4.90. The number of rotatable bonds is 5. The molecule has 132 valence electrons. The van der Waals surface area contributed by atoms with Gasteiger partial charge in [0.25, 0.3) is 0 Å². The van der Waals surface area contributed by atoms with Crippen molar-refractivity contribution in [3.63, 3.8) is 0 Å². The monoisotopic (exact) mass is 362 g/mol. The standard InChI is InChI=1S/C20H11FN2O4/c21-17-8-6-14(11-18(17)23(25)26)19-9-7-16(27-19)10-15(12-22)20(24)13-4-2-1-3-5-13/h1-11H/b15-10+. The maximum absolute atomic E-state index is 13.5. The molecule has 0 aliphatic rings. The first kappa shape index (κ1) is 17.8. The number of benzene rings is 2. The van der Waals surface area contributed by atoms with Crippen molar-refractivity contribution in [3.8, 4) is 17.4 Å². The summed E-state index contributed by atoms with van der Waals surface area (Å²) in [5, 5.41) is 20.1. The Hall–Kier alpha value is -4.05. The molecule has 0 amide bonds. The summed E-state index contributed by atoms with van der Waals surface area (Å²) in [6.07, 6.45) is 1.29. The quantitative estimate of drug-likeness (QED) is 0.214. The van der Waals surface area contributed by atoms with Crippen LogP contribution in [-0.2, 0) is 0 Å². The third-order valence-corrected chi connectivity index (χ3v) is 3.74. The highest BCUT2D eigenvalue weighted by Gasteiger charge is 2.17. The normalized spacial score (nSPS) is 11.0. The summed E-state index contributed by atoms with van der Waals surface area (Å²) in [6.45, 7) is 0. The average molecular weight is 362 g/mol. The van der Waals surface area contributed by atoms with Crippen LogP contribution in [0.1, 0.15) is 16.1 Å². The number of allylic oxidation sites excluding steroid dienone is 1. The molecule has 3 rings (SSSR count). The molecule has 0 saturated carbocycles. The van der Waals surface area contributed by atoms with Crippen molar-refractivity contribution in [1.82, 2.24) is 0 Å². The summed E-state index contributed by atoms with van der Waals surface area (Å²) in [7, 11) is 0. The van der Waals surface area contributed by atoms with Crippen LogP contribution in [0.2, 0.25) is 0 Å². The van der Waals surface area contributed by atoms with E-state index in [1.54, 1.807) is 30.3 Å². The van der Waals surface area contributed by atoms with Crippen LogP contribution in [0.4, 0.5) is 10.1 Å². The zero-order valence-corrected chi connectivity index (χ0v) is 13.8. The number of carbonyl (C=O) groups excluding carboxylic acids is 1. The van der Waals surface area contributed by atoms with Crippen molar-refractivity contribution in [2.75, 3.05) is 0 Å². The fourth-order valence-corrected chi connectivity index (χ4v) is 2.43. The second-order valence-electron chi connectivity index (χ2n) is 5.49. The van der Waals surface area contributed by atoms with Crippen LogP contribution in [0.3, 0.4) is 0 Å². The largest absolute Gasteiger partial charge is 0.457 e. The second-order valence-corrected chi connectivity index (χ2v) is 5.49. The number of furan rings is 1. The number of ketones is 1. The first-order valence-electron chi connectivity index (χ1n) is 7.75. The number of nitro groups is 1. The van der Waals surface area contributed by atoms with E-state index in [2.05, 4.69) is 0 Å². The smallest absolute Gasteiger partial charge is 0.305 e. The van der Waals surface area contributed by atoms with Gasteiger partial charge in [-0.15, -0.1) is 0 Å². The van der Waals surface area contributed by atoms with Crippen molar-refractivity contribution < 1.29 is 18.5 Å². The van der Waals surface area contributed by atoms with E-state index in [1.807, 2.05) is 6.07 Å². The number of carbonyl (C=O) groups is 1. The van der Waals surface area contributed by atoms with Gasteiger partial charge in [0.1, 0.15) is 23.2 Å². The van der Waals surface area contributed by atoms with Gasteiger partial charge in [0.15, 0.2) is 0 Å². The van der Waals surface area contributed by atoms with Crippen molar-refractivity contribution >= 4 is 17.5 Å². The lowest BCUT2D eigenvalue weighted by Crippen LogP contribution is -2.01. The number of Topliss-reactive ketones (excluding diaryl/α,β-unsaturated/α-hetero) is 1. The molecular weight excluding hydrogens is 351 g/mol. The highest BCUT2D eigenvalue weighted by Crippen LogP contribution is 2.28. The summed E-state index contributed by atoms with van der Waals surface area (Å²) in [5.74, 6) is -0.935. The fourth-order valence-electron chi connectivity index (χ4n) is 2.43. The van der Waals surface area contributed by atoms with Crippen LogP contribution in [0.5, 0.6) is 0 Å². The van der Waals surface area contributed by atoms with Gasteiger partial charge in [-0.3, -0.25) is 14.9 Å². The summed E-state index contributed by atoms with van der Waals surface area (Å²) in [4.78, 5) is 22.4. The molecule has 1 heterocycles. The predicted octanol–water partition coefficient (Wildman–Crippen LogP) is 4.78. The molecule has 3 aromatic rings. The number of hydrogen-bond donors (Lipinski definition) is 0. The van der Waals surface area contributed by atoms with E-state index in [0.717, 1.165) is 12.1 Å². The Bertz CT molecular complexity index is 1090. The lowest BCUT2D eigenvalue weighted by Gasteiger charge is -1.99. The molecule has 0 atom stereocenters. The minimum atomic E-state index is -0.948. The van der Waals surface area contributed by atoms with Crippen molar-refractivity contribution in [2.45, 2.75) is 0 Å². The minimum Gasteiger partial charge on any atom is -0.457 e. The lowest BCUT2D eigenvalue weighted by molar-refractivity contribution is -0.387. The summed E-state index contributed by atoms with van der Waals surface area (Å²) in [5.41, 5.74) is -0.118. The maximum atomic E-state index is 13.5. The van der Waals surface area contributed by atoms with E-state index in [-0.39, 0.29) is 17.1 Å². The molecule has 0 aliphatic heterocycles. The van der Waals surface area contributed by atoms with Gasteiger partial charge in [0.05, 0.1) is 4.92 Å². The first-order valence-corrected chi connectivity index (χ1v) is 7.75. The lowest BCUT2D eigenvalue weighted by atomic mass is 10.0. The van der Waals surface area contributed by atoms with Crippen LogP contribution < -0.4 is 0 Å². The van der Waals surface area contributed by atoms with Gasteiger partial charge < -0.3 is 4.42 Å². The van der Waals surface area contributed by atoms with E-state index in [0.29, 0.717) is 11.1 Å². The third kappa shape index (κ3) is 3.80. The van der Waals surface area contributed by atoms with Crippen LogP contribution in [0.15, 0.2) is 70.7 Å². The molecule has 0 unspecified atom stereocenters. The average Bonchev–Trinajstić information content (AvgIpc) is 3.15.